The van der Waals surface area contributed by atoms with Gasteiger partial charge >= 0.3 is 0 Å². The van der Waals surface area contributed by atoms with E-state index in [-0.39, 0.29) is 17.9 Å². The zero-order valence-corrected chi connectivity index (χ0v) is 9.38. The fourth-order valence-corrected chi connectivity index (χ4v) is 2.21. The van der Waals surface area contributed by atoms with Gasteiger partial charge in [-0.3, -0.25) is 4.79 Å². The fourth-order valence-electron chi connectivity index (χ4n) is 2.00. The molecule has 2 fully saturated rings. The molecule has 3 heterocycles. The third-order valence-electron chi connectivity index (χ3n) is 2.87. The maximum atomic E-state index is 11.6. The SMILES string of the molecule is Cn1nnn([C@H]2CC(=O)[C@@H]3OC[C@H]2O3)c1=S. The highest BCUT2D eigenvalue weighted by molar-refractivity contribution is 7.71. The zero-order chi connectivity index (χ0) is 11.3. The lowest BCUT2D eigenvalue weighted by atomic mass is 10.0. The molecular formula is C8H10N4O3S. The lowest BCUT2D eigenvalue weighted by Crippen LogP contribution is -2.37. The maximum absolute atomic E-state index is 11.6. The number of ether oxygens (including phenoxy) is 2. The molecule has 16 heavy (non-hydrogen) atoms. The van der Waals surface area contributed by atoms with E-state index in [0.717, 1.165) is 0 Å². The first-order valence-corrected chi connectivity index (χ1v) is 5.36. The van der Waals surface area contributed by atoms with Gasteiger partial charge in [-0.1, -0.05) is 0 Å². The van der Waals surface area contributed by atoms with E-state index in [2.05, 4.69) is 10.4 Å². The van der Waals surface area contributed by atoms with Crippen LogP contribution in [0, 0.1) is 4.77 Å². The Morgan fingerprint density at radius 2 is 2.31 bits per heavy atom. The highest BCUT2D eigenvalue weighted by Gasteiger charge is 2.44. The van der Waals surface area contributed by atoms with Crippen molar-refractivity contribution in [3.63, 3.8) is 0 Å². The topological polar surface area (TPSA) is 71.2 Å². The molecule has 0 N–H and O–H groups in total. The number of hydrogen-bond acceptors (Lipinski definition) is 6. The van der Waals surface area contributed by atoms with E-state index in [0.29, 0.717) is 17.8 Å². The van der Waals surface area contributed by atoms with Crippen molar-refractivity contribution in [2.75, 3.05) is 6.61 Å². The van der Waals surface area contributed by atoms with Gasteiger partial charge in [0.15, 0.2) is 5.78 Å². The molecule has 0 radical (unpaired) electrons. The van der Waals surface area contributed by atoms with Gasteiger partial charge in [-0.2, -0.15) is 0 Å². The minimum atomic E-state index is -0.688. The average molecular weight is 242 g/mol. The minimum absolute atomic E-state index is 0.0636. The molecule has 0 unspecified atom stereocenters. The smallest absolute Gasteiger partial charge is 0.218 e. The van der Waals surface area contributed by atoms with Crippen LogP contribution in [0.5, 0.6) is 0 Å². The van der Waals surface area contributed by atoms with Crippen LogP contribution >= 0.6 is 12.2 Å². The Labute approximate surface area is 95.9 Å². The lowest BCUT2D eigenvalue weighted by molar-refractivity contribution is -0.156. The third-order valence-corrected chi connectivity index (χ3v) is 3.32. The number of carbonyl (C=O) groups excluding carboxylic acids is 1. The summed E-state index contributed by atoms with van der Waals surface area (Å²) in [5, 5.41) is 7.74. The van der Waals surface area contributed by atoms with Crippen LogP contribution < -0.4 is 0 Å². The van der Waals surface area contributed by atoms with Crippen molar-refractivity contribution in [1.29, 1.82) is 0 Å². The van der Waals surface area contributed by atoms with Crippen LogP contribution in [0.1, 0.15) is 12.5 Å². The van der Waals surface area contributed by atoms with Gasteiger partial charge in [-0.15, -0.1) is 0 Å². The number of rotatable bonds is 1. The molecule has 0 aromatic carbocycles. The molecule has 2 bridgehead atoms. The van der Waals surface area contributed by atoms with E-state index in [1.807, 2.05) is 0 Å². The number of hydrogen-bond donors (Lipinski definition) is 0. The van der Waals surface area contributed by atoms with Crippen LogP contribution in [0.2, 0.25) is 0 Å². The molecule has 3 atom stereocenters. The summed E-state index contributed by atoms with van der Waals surface area (Å²) in [5.41, 5.74) is 0. The zero-order valence-electron chi connectivity index (χ0n) is 8.57. The molecule has 0 aliphatic carbocycles. The molecule has 7 nitrogen and oxygen atoms in total. The number of nitrogens with zero attached hydrogens (tertiary/aromatic N) is 4. The first-order valence-electron chi connectivity index (χ1n) is 4.95. The van der Waals surface area contributed by atoms with E-state index in [1.165, 1.54) is 4.68 Å². The summed E-state index contributed by atoms with van der Waals surface area (Å²) in [6.07, 6.45) is -0.513. The highest BCUT2D eigenvalue weighted by atomic mass is 32.1. The molecule has 0 spiro atoms. The maximum Gasteiger partial charge on any atom is 0.218 e. The molecule has 86 valence electrons. The number of Topliss-reactive ketones (excluding diaryl/α,β-unsaturated/α-hetero) is 1. The van der Waals surface area contributed by atoms with Crippen molar-refractivity contribution in [3.8, 4) is 0 Å². The van der Waals surface area contributed by atoms with Gasteiger partial charge in [0.1, 0.15) is 6.10 Å². The van der Waals surface area contributed by atoms with Crippen molar-refractivity contribution < 1.29 is 14.3 Å². The van der Waals surface area contributed by atoms with Crippen LogP contribution in [0.15, 0.2) is 0 Å². The first kappa shape index (κ1) is 10.1. The molecule has 2 aliphatic rings. The Balaban J connectivity index is 1.98. The van der Waals surface area contributed by atoms with Crippen molar-refractivity contribution in [3.05, 3.63) is 4.77 Å². The number of carbonyl (C=O) groups is 1. The largest absolute Gasteiger partial charge is 0.343 e. The third kappa shape index (κ3) is 1.34. The summed E-state index contributed by atoms with van der Waals surface area (Å²) in [7, 11) is 1.71. The van der Waals surface area contributed by atoms with Crippen molar-refractivity contribution in [2.24, 2.45) is 7.05 Å². The minimum Gasteiger partial charge on any atom is -0.343 e. The van der Waals surface area contributed by atoms with E-state index < -0.39 is 6.29 Å². The average Bonchev–Trinajstić information content (AvgIpc) is 2.82. The number of aromatic nitrogens is 4. The standard InChI is InChI=1S/C8H10N4O3S/c1-11-8(16)12(10-9-11)4-2-5(13)7-14-3-6(4)15-7/h4,6-7H,2-3H2,1H3/t4-,6+,7+/m0/s1. The summed E-state index contributed by atoms with van der Waals surface area (Å²) in [6.45, 7) is 0.402. The highest BCUT2D eigenvalue weighted by Crippen LogP contribution is 2.32. The van der Waals surface area contributed by atoms with Gasteiger partial charge in [-0.05, 0) is 22.6 Å². The second kappa shape index (κ2) is 3.44. The Bertz CT molecular complexity index is 496. The summed E-state index contributed by atoms with van der Waals surface area (Å²) < 4.78 is 14.2. The summed E-state index contributed by atoms with van der Waals surface area (Å²) >= 11 is 5.15. The van der Waals surface area contributed by atoms with E-state index >= 15 is 0 Å². The van der Waals surface area contributed by atoms with Crippen molar-refractivity contribution in [2.45, 2.75) is 24.9 Å². The van der Waals surface area contributed by atoms with Gasteiger partial charge < -0.3 is 9.47 Å². The Kier molecular flexibility index (Phi) is 2.16. The Morgan fingerprint density at radius 3 is 3.00 bits per heavy atom. The van der Waals surface area contributed by atoms with Gasteiger partial charge in [-0.25, -0.2) is 9.36 Å². The second-order valence-corrected chi connectivity index (χ2v) is 4.27. The van der Waals surface area contributed by atoms with E-state index in [4.69, 9.17) is 21.7 Å². The van der Waals surface area contributed by atoms with Gasteiger partial charge in [0.2, 0.25) is 11.1 Å². The van der Waals surface area contributed by atoms with Gasteiger partial charge in [0, 0.05) is 13.5 Å². The first-order chi connectivity index (χ1) is 7.66. The molecule has 8 heteroatoms. The van der Waals surface area contributed by atoms with Crippen molar-refractivity contribution in [1.82, 2.24) is 19.8 Å². The Hall–Kier alpha value is -1.12. The predicted octanol–water partition coefficient (Wildman–Crippen LogP) is -0.399. The normalized spacial score (nSPS) is 33.3. The van der Waals surface area contributed by atoms with E-state index in [9.17, 15) is 4.79 Å². The van der Waals surface area contributed by atoms with Gasteiger partial charge in [0.25, 0.3) is 0 Å². The molecule has 1 aromatic heterocycles. The van der Waals surface area contributed by atoms with Crippen LogP contribution in [0.3, 0.4) is 0 Å². The fraction of sp³-hybridized carbons (Fsp3) is 0.750. The quantitative estimate of drug-likeness (QED) is 0.624. The molecular weight excluding hydrogens is 232 g/mol. The molecule has 0 saturated carbocycles. The van der Waals surface area contributed by atoms with Crippen LogP contribution in [0.25, 0.3) is 0 Å². The molecule has 1 aromatic rings. The summed E-state index contributed by atoms with van der Waals surface area (Å²) in [4.78, 5) is 11.6. The second-order valence-electron chi connectivity index (χ2n) is 3.91. The molecule has 2 saturated heterocycles. The number of ketones is 1. The Morgan fingerprint density at radius 1 is 1.50 bits per heavy atom. The summed E-state index contributed by atoms with van der Waals surface area (Å²) in [5.74, 6) is -0.0636. The van der Waals surface area contributed by atoms with Crippen LogP contribution in [-0.2, 0) is 21.3 Å². The van der Waals surface area contributed by atoms with Crippen LogP contribution in [-0.4, -0.2) is 44.6 Å². The molecule has 2 aliphatic heterocycles. The van der Waals surface area contributed by atoms with Gasteiger partial charge in [0.05, 0.1) is 12.6 Å². The molecule has 0 amide bonds. The number of tetrazole rings is 1. The summed E-state index contributed by atoms with van der Waals surface area (Å²) in [6, 6.07) is -0.201. The van der Waals surface area contributed by atoms with E-state index in [1.54, 1.807) is 11.7 Å². The number of aryl methyl sites for hydroxylation is 1. The lowest BCUT2D eigenvalue weighted by Gasteiger charge is -2.25. The monoisotopic (exact) mass is 242 g/mol. The predicted molar refractivity (Wildman–Crippen MR) is 53.1 cm³/mol. The number of fused-ring (bicyclic) bond motifs is 2. The van der Waals surface area contributed by atoms with Crippen molar-refractivity contribution >= 4 is 18.0 Å². The van der Waals surface area contributed by atoms with Crippen LogP contribution in [0.4, 0.5) is 0 Å². The molecule has 3 rings (SSSR count).